The number of rotatable bonds is 7. The summed E-state index contributed by atoms with van der Waals surface area (Å²) in [5, 5.41) is 10.3. The number of nitrogens with zero attached hydrogens (tertiary/aromatic N) is 4. The van der Waals surface area contributed by atoms with Gasteiger partial charge in [0.05, 0.1) is 10.9 Å². The van der Waals surface area contributed by atoms with Gasteiger partial charge < -0.3 is 10.6 Å². The molecular formula is C25H26N6O4. The van der Waals surface area contributed by atoms with E-state index in [1.807, 2.05) is 19.9 Å². The van der Waals surface area contributed by atoms with Crippen molar-refractivity contribution >= 4 is 34.2 Å². The Bertz CT molecular complexity index is 1560. The first-order chi connectivity index (χ1) is 16.9. The molecule has 5 rings (SSSR count). The maximum absolute atomic E-state index is 13.4. The standard InChI is InChI=1S/C25H26N6O4/c1-3-15(2)26-22(33)16-9-12-19-20(13-16)31-24(30(23(19)34)18-10-11-18)28-29(25(31)35)14-21(32)27-17-7-5-4-6-8-17/h4-9,12-13,15,18H,3,10-11,14H2,1-2H3,(H,26,33)(H,27,32). The van der Waals surface area contributed by atoms with E-state index < -0.39 is 11.6 Å². The zero-order chi connectivity index (χ0) is 24.7. The lowest BCUT2D eigenvalue weighted by molar-refractivity contribution is -0.117. The number of hydrogen-bond donors (Lipinski definition) is 2. The Balaban J connectivity index is 1.62. The van der Waals surface area contributed by atoms with E-state index in [2.05, 4.69) is 15.7 Å². The molecule has 4 aromatic rings. The van der Waals surface area contributed by atoms with Crippen LogP contribution in [-0.4, -0.2) is 36.6 Å². The summed E-state index contributed by atoms with van der Waals surface area (Å²) in [6.07, 6.45) is 2.39. The Hall–Kier alpha value is -4.21. The Morgan fingerprint density at radius 1 is 1.11 bits per heavy atom. The van der Waals surface area contributed by atoms with Crippen molar-refractivity contribution in [3.63, 3.8) is 0 Å². The molecule has 35 heavy (non-hydrogen) atoms. The first-order valence-corrected chi connectivity index (χ1v) is 11.7. The maximum atomic E-state index is 13.4. The predicted molar refractivity (Wildman–Crippen MR) is 132 cm³/mol. The third-order valence-electron chi connectivity index (χ3n) is 6.24. The van der Waals surface area contributed by atoms with Crippen molar-refractivity contribution < 1.29 is 9.59 Å². The van der Waals surface area contributed by atoms with E-state index in [4.69, 9.17) is 0 Å². The van der Waals surface area contributed by atoms with Gasteiger partial charge in [0.1, 0.15) is 6.54 Å². The molecule has 1 unspecified atom stereocenters. The van der Waals surface area contributed by atoms with Crippen LogP contribution in [0.3, 0.4) is 0 Å². The summed E-state index contributed by atoms with van der Waals surface area (Å²) >= 11 is 0. The lowest BCUT2D eigenvalue weighted by atomic mass is 10.1. The maximum Gasteiger partial charge on any atom is 0.352 e. The van der Waals surface area contributed by atoms with Gasteiger partial charge in [0.25, 0.3) is 11.5 Å². The molecule has 0 aliphatic heterocycles. The van der Waals surface area contributed by atoms with Crippen LogP contribution in [0.1, 0.15) is 49.5 Å². The molecule has 1 aliphatic rings. The molecule has 2 aromatic carbocycles. The van der Waals surface area contributed by atoms with E-state index in [9.17, 15) is 19.2 Å². The molecule has 1 atom stereocenters. The van der Waals surface area contributed by atoms with Crippen LogP contribution in [0.15, 0.2) is 58.1 Å². The first-order valence-electron chi connectivity index (χ1n) is 11.7. The number of para-hydroxylation sites is 1. The van der Waals surface area contributed by atoms with Crippen molar-refractivity contribution in [1.29, 1.82) is 0 Å². The second-order valence-electron chi connectivity index (χ2n) is 8.91. The highest BCUT2D eigenvalue weighted by Crippen LogP contribution is 2.35. The van der Waals surface area contributed by atoms with Crippen molar-refractivity contribution in [2.75, 3.05) is 5.32 Å². The second kappa shape index (κ2) is 8.86. The highest BCUT2D eigenvalue weighted by molar-refractivity contribution is 5.98. The summed E-state index contributed by atoms with van der Waals surface area (Å²) in [4.78, 5) is 52.1. The van der Waals surface area contributed by atoms with Crippen molar-refractivity contribution in [3.8, 4) is 0 Å². The molecule has 1 saturated carbocycles. The monoisotopic (exact) mass is 474 g/mol. The van der Waals surface area contributed by atoms with E-state index in [0.717, 1.165) is 23.9 Å². The van der Waals surface area contributed by atoms with Gasteiger partial charge in [0.2, 0.25) is 11.7 Å². The van der Waals surface area contributed by atoms with Gasteiger partial charge in [-0.2, -0.15) is 0 Å². The molecule has 0 bridgehead atoms. The summed E-state index contributed by atoms with van der Waals surface area (Å²) in [5.41, 5.74) is 0.408. The van der Waals surface area contributed by atoms with Crippen molar-refractivity contribution in [2.45, 2.75) is 51.7 Å². The summed E-state index contributed by atoms with van der Waals surface area (Å²) in [7, 11) is 0. The number of carbonyl (C=O) groups is 2. The molecule has 10 heteroatoms. The topological polar surface area (TPSA) is 120 Å². The van der Waals surface area contributed by atoms with Crippen LogP contribution >= 0.6 is 0 Å². The van der Waals surface area contributed by atoms with Crippen LogP contribution < -0.4 is 21.9 Å². The van der Waals surface area contributed by atoms with Gasteiger partial charge in [0, 0.05) is 23.3 Å². The third kappa shape index (κ3) is 4.23. The van der Waals surface area contributed by atoms with Crippen LogP contribution in [0.2, 0.25) is 0 Å². The minimum Gasteiger partial charge on any atom is -0.350 e. The fourth-order valence-corrected chi connectivity index (χ4v) is 4.05. The Morgan fingerprint density at radius 2 is 1.86 bits per heavy atom. The minimum atomic E-state index is -0.554. The van der Waals surface area contributed by atoms with Gasteiger partial charge in [0.15, 0.2) is 0 Å². The Morgan fingerprint density at radius 3 is 2.54 bits per heavy atom. The Kier molecular flexibility index (Phi) is 5.72. The van der Waals surface area contributed by atoms with Gasteiger partial charge >= 0.3 is 5.69 Å². The molecule has 1 aliphatic carbocycles. The quantitative estimate of drug-likeness (QED) is 0.426. The number of nitrogens with one attached hydrogen (secondary N) is 2. The fraction of sp³-hybridized carbons (Fsp3) is 0.320. The highest BCUT2D eigenvalue weighted by Gasteiger charge is 2.30. The van der Waals surface area contributed by atoms with Crippen LogP contribution in [0.5, 0.6) is 0 Å². The summed E-state index contributed by atoms with van der Waals surface area (Å²) < 4.78 is 3.90. The molecule has 0 radical (unpaired) electrons. The van der Waals surface area contributed by atoms with Gasteiger partial charge in [-0.05, 0) is 56.5 Å². The van der Waals surface area contributed by atoms with E-state index in [0.29, 0.717) is 22.2 Å². The smallest absolute Gasteiger partial charge is 0.350 e. The molecule has 0 spiro atoms. The number of anilines is 1. The average molecular weight is 475 g/mol. The number of amides is 2. The van der Waals surface area contributed by atoms with Gasteiger partial charge in [-0.15, -0.1) is 5.10 Å². The largest absolute Gasteiger partial charge is 0.352 e. The van der Waals surface area contributed by atoms with Crippen LogP contribution in [-0.2, 0) is 11.3 Å². The molecule has 2 N–H and O–H groups in total. The zero-order valence-corrected chi connectivity index (χ0v) is 19.5. The molecule has 2 heterocycles. The van der Waals surface area contributed by atoms with E-state index >= 15 is 0 Å². The van der Waals surface area contributed by atoms with Crippen LogP contribution in [0, 0.1) is 0 Å². The number of hydrogen-bond acceptors (Lipinski definition) is 5. The number of benzene rings is 2. The number of fused-ring (bicyclic) bond motifs is 3. The van der Waals surface area contributed by atoms with E-state index in [1.54, 1.807) is 36.4 Å². The van der Waals surface area contributed by atoms with Crippen LogP contribution in [0.25, 0.3) is 16.7 Å². The first kappa shape index (κ1) is 22.6. The predicted octanol–water partition coefficient (Wildman–Crippen LogP) is 2.31. The lowest BCUT2D eigenvalue weighted by Gasteiger charge is -2.13. The van der Waals surface area contributed by atoms with Gasteiger partial charge in [-0.25, -0.2) is 13.9 Å². The zero-order valence-electron chi connectivity index (χ0n) is 19.5. The lowest BCUT2D eigenvalue weighted by Crippen LogP contribution is -2.32. The number of carbonyl (C=O) groups excluding carboxylic acids is 2. The normalized spacial score (nSPS) is 14.2. The van der Waals surface area contributed by atoms with Gasteiger partial charge in [-0.1, -0.05) is 25.1 Å². The molecule has 10 nitrogen and oxygen atoms in total. The van der Waals surface area contributed by atoms with Crippen molar-refractivity contribution in [2.24, 2.45) is 0 Å². The average Bonchev–Trinajstić information content (AvgIpc) is 3.63. The molecule has 2 aromatic heterocycles. The SMILES string of the molecule is CCC(C)NC(=O)c1ccc2c(=O)n(C3CC3)c3nn(CC(=O)Nc4ccccc4)c(=O)n3c2c1. The molecule has 180 valence electrons. The fourth-order valence-electron chi connectivity index (χ4n) is 4.05. The number of aromatic nitrogens is 4. The molecule has 1 fully saturated rings. The summed E-state index contributed by atoms with van der Waals surface area (Å²) in [6.45, 7) is 3.56. The summed E-state index contributed by atoms with van der Waals surface area (Å²) in [6, 6.07) is 13.6. The van der Waals surface area contributed by atoms with Crippen LogP contribution in [0.4, 0.5) is 5.69 Å². The van der Waals surface area contributed by atoms with E-state index in [1.165, 1.54) is 15.0 Å². The van der Waals surface area contributed by atoms with Crippen molar-refractivity contribution in [3.05, 3.63) is 74.9 Å². The van der Waals surface area contributed by atoms with Gasteiger partial charge in [-0.3, -0.25) is 19.0 Å². The van der Waals surface area contributed by atoms with Crippen molar-refractivity contribution in [1.82, 2.24) is 24.1 Å². The molecular weight excluding hydrogens is 448 g/mol. The molecule has 0 saturated heterocycles. The van der Waals surface area contributed by atoms with E-state index in [-0.39, 0.29) is 35.9 Å². The minimum absolute atomic E-state index is 0.0188. The highest BCUT2D eigenvalue weighted by atomic mass is 16.2. The second-order valence-corrected chi connectivity index (χ2v) is 8.91. The summed E-state index contributed by atoms with van der Waals surface area (Å²) in [5.74, 6) is -0.537. The third-order valence-corrected chi connectivity index (χ3v) is 6.24. The molecule has 2 amide bonds. The Labute approximate surface area is 200 Å².